The van der Waals surface area contributed by atoms with E-state index in [2.05, 4.69) is 26.5 Å². The van der Waals surface area contributed by atoms with E-state index in [1.807, 2.05) is 36.4 Å². The zero-order chi connectivity index (χ0) is 23.2. The van der Waals surface area contributed by atoms with Gasteiger partial charge in [0.15, 0.2) is 0 Å². The van der Waals surface area contributed by atoms with Crippen molar-refractivity contribution in [2.75, 3.05) is 5.43 Å². The first-order valence-corrected chi connectivity index (χ1v) is 11.4. The van der Waals surface area contributed by atoms with Crippen molar-refractivity contribution in [3.05, 3.63) is 110 Å². The summed E-state index contributed by atoms with van der Waals surface area (Å²) in [4.78, 5) is 12.6. The van der Waals surface area contributed by atoms with E-state index >= 15 is 0 Å². The lowest BCUT2D eigenvalue weighted by atomic mass is 10.1. The van der Waals surface area contributed by atoms with Gasteiger partial charge in [0.25, 0.3) is 0 Å². The molecular weight excluding hydrogens is 527 g/mol. The van der Waals surface area contributed by atoms with Crippen molar-refractivity contribution in [3.8, 4) is 11.3 Å². The van der Waals surface area contributed by atoms with Crippen molar-refractivity contribution >= 4 is 57.0 Å². The Balaban J connectivity index is 1.44. The van der Waals surface area contributed by atoms with Crippen LogP contribution in [0.3, 0.4) is 0 Å². The van der Waals surface area contributed by atoms with Crippen LogP contribution in [0, 0.1) is 0 Å². The maximum Gasteiger partial charge on any atom is 0.340 e. The Bertz CT molecular complexity index is 1300. The fraction of sp³-hybridized carbons (Fsp3) is 0.0400. The van der Waals surface area contributed by atoms with Crippen molar-refractivity contribution in [2.45, 2.75) is 6.61 Å². The van der Waals surface area contributed by atoms with E-state index in [9.17, 15) is 4.79 Å². The molecule has 0 aliphatic rings. The van der Waals surface area contributed by atoms with Gasteiger partial charge in [-0.25, -0.2) is 4.79 Å². The summed E-state index contributed by atoms with van der Waals surface area (Å²) in [6.45, 7) is 0.0474. The van der Waals surface area contributed by atoms with E-state index in [-0.39, 0.29) is 17.2 Å². The maximum atomic E-state index is 12.6. The first-order chi connectivity index (χ1) is 16.0. The number of furan rings is 1. The average Bonchev–Trinajstić information content (AvgIpc) is 3.29. The van der Waals surface area contributed by atoms with Gasteiger partial charge < -0.3 is 9.15 Å². The van der Waals surface area contributed by atoms with Crippen LogP contribution in [-0.2, 0) is 11.3 Å². The highest BCUT2D eigenvalue weighted by Crippen LogP contribution is 2.28. The summed E-state index contributed by atoms with van der Waals surface area (Å²) in [7, 11) is 0. The van der Waals surface area contributed by atoms with Crippen LogP contribution in [0.15, 0.2) is 92.9 Å². The number of rotatable bonds is 7. The molecule has 1 aromatic heterocycles. The molecule has 0 aliphatic carbocycles. The second-order valence-corrected chi connectivity index (χ2v) is 8.67. The van der Waals surface area contributed by atoms with Crippen LogP contribution in [0.1, 0.15) is 21.7 Å². The normalized spacial score (nSPS) is 11.0. The maximum absolute atomic E-state index is 12.6. The van der Waals surface area contributed by atoms with Gasteiger partial charge in [-0.15, -0.1) is 0 Å². The molecule has 0 saturated heterocycles. The molecule has 0 fully saturated rings. The molecule has 33 heavy (non-hydrogen) atoms. The Kier molecular flexibility index (Phi) is 7.50. The van der Waals surface area contributed by atoms with Crippen molar-refractivity contribution in [1.29, 1.82) is 0 Å². The third kappa shape index (κ3) is 6.05. The third-order valence-corrected chi connectivity index (χ3v) is 5.87. The molecule has 4 aromatic rings. The highest BCUT2D eigenvalue weighted by molar-refractivity contribution is 9.10. The average molecular weight is 544 g/mol. The molecule has 1 heterocycles. The van der Waals surface area contributed by atoms with Crippen LogP contribution < -0.4 is 5.43 Å². The molecule has 166 valence electrons. The molecule has 8 heteroatoms. The Morgan fingerprint density at radius 3 is 2.58 bits per heavy atom. The summed E-state index contributed by atoms with van der Waals surface area (Å²) in [6.07, 6.45) is 1.57. The largest absolute Gasteiger partial charge is 0.457 e. The van der Waals surface area contributed by atoms with Gasteiger partial charge in [-0.3, -0.25) is 5.43 Å². The lowest BCUT2D eigenvalue weighted by Crippen LogP contribution is -2.06. The van der Waals surface area contributed by atoms with Crippen molar-refractivity contribution in [3.63, 3.8) is 0 Å². The van der Waals surface area contributed by atoms with Gasteiger partial charge in [-0.1, -0.05) is 57.3 Å². The Hall–Kier alpha value is -3.06. The number of nitrogens with one attached hydrogen (secondary N) is 1. The Morgan fingerprint density at radius 1 is 1.00 bits per heavy atom. The third-order valence-electron chi connectivity index (χ3n) is 4.64. The molecule has 0 unspecified atom stereocenters. The number of hydrogen-bond acceptors (Lipinski definition) is 5. The van der Waals surface area contributed by atoms with Crippen LogP contribution in [0.25, 0.3) is 11.3 Å². The molecule has 3 aromatic carbocycles. The van der Waals surface area contributed by atoms with E-state index < -0.39 is 5.97 Å². The number of ether oxygens (including phenoxy) is 1. The SMILES string of the molecule is O=C(OCc1ccccc1Cl)c1cc(-c2ccc(C=NNc3ccc(Br)cc3)o2)ccc1Cl. The first kappa shape index (κ1) is 23.1. The number of nitrogens with zero attached hydrogens (tertiary/aromatic N) is 1. The van der Waals surface area contributed by atoms with Crippen LogP contribution in [0.4, 0.5) is 5.69 Å². The molecule has 0 spiro atoms. The first-order valence-electron chi connectivity index (χ1n) is 9.84. The Labute approximate surface area is 209 Å². The minimum absolute atomic E-state index is 0.0474. The van der Waals surface area contributed by atoms with Gasteiger partial charge in [0.05, 0.1) is 22.5 Å². The molecule has 4 rings (SSSR count). The van der Waals surface area contributed by atoms with E-state index in [1.165, 1.54) is 0 Å². The zero-order valence-corrected chi connectivity index (χ0v) is 20.2. The summed E-state index contributed by atoms with van der Waals surface area (Å²) in [6, 6.07) is 23.4. The minimum atomic E-state index is -0.547. The zero-order valence-electron chi connectivity index (χ0n) is 17.1. The van der Waals surface area contributed by atoms with Crippen LogP contribution in [0.5, 0.6) is 0 Å². The van der Waals surface area contributed by atoms with Gasteiger partial charge in [0, 0.05) is 20.6 Å². The number of benzene rings is 3. The van der Waals surface area contributed by atoms with E-state index in [0.717, 1.165) is 10.2 Å². The van der Waals surface area contributed by atoms with Crippen molar-refractivity contribution < 1.29 is 13.9 Å². The molecule has 0 amide bonds. The standard InChI is InChI=1S/C25H17BrCl2N2O3/c26-18-6-8-19(9-7-18)30-29-14-20-10-12-24(33-20)16-5-11-23(28)21(13-16)25(31)32-15-17-3-1-2-4-22(17)27/h1-14,30H,15H2. The van der Waals surface area contributed by atoms with E-state index in [4.69, 9.17) is 32.4 Å². The molecule has 0 radical (unpaired) electrons. The predicted molar refractivity (Wildman–Crippen MR) is 135 cm³/mol. The second-order valence-electron chi connectivity index (χ2n) is 6.94. The lowest BCUT2D eigenvalue weighted by molar-refractivity contribution is 0.0473. The molecule has 0 aliphatic heterocycles. The van der Waals surface area contributed by atoms with Crippen molar-refractivity contribution in [1.82, 2.24) is 0 Å². The second kappa shape index (κ2) is 10.7. The monoisotopic (exact) mass is 542 g/mol. The highest BCUT2D eigenvalue weighted by Gasteiger charge is 2.15. The summed E-state index contributed by atoms with van der Waals surface area (Å²) < 4.78 is 12.2. The van der Waals surface area contributed by atoms with Gasteiger partial charge in [-0.05, 0) is 60.7 Å². The fourth-order valence-corrected chi connectivity index (χ4v) is 3.59. The number of hydrazone groups is 1. The summed E-state index contributed by atoms with van der Waals surface area (Å²) in [5.74, 6) is 0.568. The quantitative estimate of drug-likeness (QED) is 0.146. The van der Waals surface area contributed by atoms with Gasteiger partial charge in [0.1, 0.15) is 18.1 Å². The topological polar surface area (TPSA) is 63.8 Å². The predicted octanol–water partition coefficient (Wildman–Crippen LogP) is 7.82. The van der Waals surface area contributed by atoms with Gasteiger partial charge >= 0.3 is 5.97 Å². The van der Waals surface area contributed by atoms with Crippen LogP contribution in [-0.4, -0.2) is 12.2 Å². The Morgan fingerprint density at radius 2 is 1.79 bits per heavy atom. The molecule has 0 atom stereocenters. The molecule has 1 N–H and O–H groups in total. The number of hydrogen-bond donors (Lipinski definition) is 1. The summed E-state index contributed by atoms with van der Waals surface area (Å²) >= 11 is 15.8. The molecule has 0 saturated carbocycles. The number of anilines is 1. The smallest absolute Gasteiger partial charge is 0.340 e. The molecule has 5 nitrogen and oxygen atoms in total. The molecular formula is C25H17BrCl2N2O3. The fourth-order valence-electron chi connectivity index (χ4n) is 2.94. The van der Waals surface area contributed by atoms with E-state index in [0.29, 0.717) is 27.7 Å². The van der Waals surface area contributed by atoms with E-state index in [1.54, 1.807) is 48.7 Å². The van der Waals surface area contributed by atoms with Crippen molar-refractivity contribution in [2.24, 2.45) is 5.10 Å². The minimum Gasteiger partial charge on any atom is -0.457 e. The number of carbonyl (C=O) groups is 1. The van der Waals surface area contributed by atoms with Crippen LogP contribution >= 0.6 is 39.1 Å². The molecule has 0 bridgehead atoms. The van der Waals surface area contributed by atoms with Crippen LogP contribution in [0.2, 0.25) is 10.0 Å². The summed E-state index contributed by atoms with van der Waals surface area (Å²) in [5, 5.41) is 5.00. The van der Waals surface area contributed by atoms with Gasteiger partial charge in [-0.2, -0.15) is 5.10 Å². The lowest BCUT2D eigenvalue weighted by Gasteiger charge is -2.09. The number of carbonyl (C=O) groups excluding carboxylic acids is 1. The highest BCUT2D eigenvalue weighted by atomic mass is 79.9. The van der Waals surface area contributed by atoms with Gasteiger partial charge in [0.2, 0.25) is 0 Å². The number of halogens is 3. The number of esters is 1. The summed E-state index contributed by atoms with van der Waals surface area (Å²) in [5.41, 5.74) is 5.42.